The number of hydrogen-bond acceptors (Lipinski definition) is 5. The number of hydrogen-bond donors (Lipinski definition) is 1. The topological polar surface area (TPSA) is 92.9 Å². The fourth-order valence-corrected chi connectivity index (χ4v) is 2.22. The number of rotatable bonds is 3. The van der Waals surface area contributed by atoms with Crippen LogP contribution in [0.15, 0.2) is 4.52 Å². The first-order valence-electron chi connectivity index (χ1n) is 6.04. The molecule has 0 unspecified atom stereocenters. The lowest BCUT2D eigenvalue weighted by atomic mass is 10.1. The molecule has 2 rings (SSSR count). The Kier molecular flexibility index (Phi) is 3.84. The van der Waals surface area contributed by atoms with E-state index in [2.05, 4.69) is 5.16 Å². The summed E-state index contributed by atoms with van der Waals surface area (Å²) < 4.78 is 10.2. The third kappa shape index (κ3) is 2.76. The van der Waals surface area contributed by atoms with Crippen molar-refractivity contribution in [1.82, 2.24) is 10.1 Å². The van der Waals surface area contributed by atoms with Gasteiger partial charge in [0.05, 0.1) is 31.4 Å². The van der Waals surface area contributed by atoms with E-state index in [0.29, 0.717) is 30.2 Å². The summed E-state index contributed by atoms with van der Waals surface area (Å²) in [6, 6.07) is -0.451. The highest BCUT2D eigenvalue weighted by molar-refractivity contribution is 5.96. The third-order valence-corrected chi connectivity index (χ3v) is 3.15. The molecule has 1 N–H and O–H groups in total. The highest BCUT2D eigenvalue weighted by Crippen LogP contribution is 2.19. The van der Waals surface area contributed by atoms with Gasteiger partial charge in [0.2, 0.25) is 0 Å². The van der Waals surface area contributed by atoms with E-state index in [9.17, 15) is 9.59 Å². The average molecular weight is 268 g/mol. The van der Waals surface area contributed by atoms with Crippen molar-refractivity contribution >= 4 is 11.9 Å². The quantitative estimate of drug-likeness (QED) is 0.863. The normalized spacial score (nSPS) is 19.5. The molecule has 1 aromatic heterocycles. The number of carbonyl (C=O) groups excluding carboxylic acids is 1. The Morgan fingerprint density at radius 2 is 2.21 bits per heavy atom. The molecule has 104 valence electrons. The Labute approximate surface area is 110 Å². The van der Waals surface area contributed by atoms with Crippen LogP contribution in [0.3, 0.4) is 0 Å². The van der Waals surface area contributed by atoms with E-state index in [1.165, 1.54) is 4.90 Å². The van der Waals surface area contributed by atoms with Crippen molar-refractivity contribution in [3.8, 4) is 0 Å². The number of carbonyl (C=O) groups is 2. The summed E-state index contributed by atoms with van der Waals surface area (Å²) in [6.07, 6.45) is -0.130. The van der Waals surface area contributed by atoms with Gasteiger partial charge in [-0.2, -0.15) is 0 Å². The molecule has 1 amide bonds. The second kappa shape index (κ2) is 5.40. The van der Waals surface area contributed by atoms with E-state index in [0.717, 1.165) is 0 Å². The van der Waals surface area contributed by atoms with Crippen molar-refractivity contribution in [1.29, 1.82) is 0 Å². The van der Waals surface area contributed by atoms with Crippen LogP contribution in [0, 0.1) is 13.8 Å². The number of carboxylic acids is 1. The van der Waals surface area contributed by atoms with Crippen molar-refractivity contribution in [3.63, 3.8) is 0 Å². The minimum atomic E-state index is -0.952. The Morgan fingerprint density at radius 1 is 1.47 bits per heavy atom. The van der Waals surface area contributed by atoms with Gasteiger partial charge in [-0.1, -0.05) is 5.16 Å². The Balaban J connectivity index is 2.22. The highest BCUT2D eigenvalue weighted by Gasteiger charge is 2.32. The minimum absolute atomic E-state index is 0.130. The van der Waals surface area contributed by atoms with Crippen molar-refractivity contribution in [2.75, 3.05) is 19.8 Å². The van der Waals surface area contributed by atoms with Gasteiger partial charge in [-0.25, -0.2) is 0 Å². The number of carboxylic acid groups (broad SMARTS) is 1. The second-order valence-corrected chi connectivity index (χ2v) is 4.52. The van der Waals surface area contributed by atoms with Crippen molar-refractivity contribution < 1.29 is 24.0 Å². The lowest BCUT2D eigenvalue weighted by Gasteiger charge is -2.34. The Hall–Kier alpha value is -1.89. The van der Waals surface area contributed by atoms with Crippen LogP contribution in [0.25, 0.3) is 0 Å². The molecule has 1 aliphatic heterocycles. The summed E-state index contributed by atoms with van der Waals surface area (Å²) in [4.78, 5) is 24.8. The van der Waals surface area contributed by atoms with Crippen molar-refractivity contribution in [2.24, 2.45) is 0 Å². The van der Waals surface area contributed by atoms with E-state index in [-0.39, 0.29) is 18.9 Å². The van der Waals surface area contributed by atoms with E-state index in [1.807, 2.05) is 0 Å². The number of ether oxygens (including phenoxy) is 1. The van der Waals surface area contributed by atoms with Crippen molar-refractivity contribution in [2.45, 2.75) is 26.3 Å². The molecule has 1 aromatic rings. The SMILES string of the molecule is Cc1noc(C)c1C(=O)N1CCOC[C@@H]1CC(=O)O. The summed E-state index contributed by atoms with van der Waals surface area (Å²) in [7, 11) is 0. The van der Waals surface area contributed by atoms with Crippen LogP contribution in [-0.4, -0.2) is 52.8 Å². The van der Waals surface area contributed by atoms with Crippen LogP contribution in [0.4, 0.5) is 0 Å². The lowest BCUT2D eigenvalue weighted by Crippen LogP contribution is -2.49. The molecule has 2 heterocycles. The number of aryl methyl sites for hydroxylation is 2. The van der Waals surface area contributed by atoms with Gasteiger partial charge < -0.3 is 19.3 Å². The van der Waals surface area contributed by atoms with Gasteiger partial charge >= 0.3 is 5.97 Å². The average Bonchev–Trinajstić information content (AvgIpc) is 2.68. The molecular formula is C12H16N2O5. The molecule has 1 aliphatic rings. The minimum Gasteiger partial charge on any atom is -0.481 e. The van der Waals surface area contributed by atoms with Gasteiger partial charge in [-0.05, 0) is 13.8 Å². The molecule has 0 saturated carbocycles. The maximum absolute atomic E-state index is 12.5. The van der Waals surface area contributed by atoms with Crippen LogP contribution >= 0.6 is 0 Å². The molecule has 1 fully saturated rings. The lowest BCUT2D eigenvalue weighted by molar-refractivity contribution is -0.139. The molecule has 0 bridgehead atoms. The van der Waals surface area contributed by atoms with Crippen LogP contribution in [-0.2, 0) is 9.53 Å². The largest absolute Gasteiger partial charge is 0.481 e. The summed E-state index contributed by atoms with van der Waals surface area (Å²) in [6.45, 7) is 4.38. The summed E-state index contributed by atoms with van der Waals surface area (Å²) in [5, 5.41) is 12.6. The van der Waals surface area contributed by atoms with Crippen LogP contribution in [0.5, 0.6) is 0 Å². The Bertz CT molecular complexity index is 477. The monoisotopic (exact) mass is 268 g/mol. The molecular weight excluding hydrogens is 252 g/mol. The van der Waals surface area contributed by atoms with Crippen LogP contribution < -0.4 is 0 Å². The molecule has 19 heavy (non-hydrogen) atoms. The first-order chi connectivity index (χ1) is 9.00. The second-order valence-electron chi connectivity index (χ2n) is 4.52. The summed E-state index contributed by atoms with van der Waals surface area (Å²) >= 11 is 0. The standard InChI is InChI=1S/C12H16N2O5/c1-7-11(8(2)19-13-7)12(17)14-3-4-18-6-9(14)5-10(15)16/h9H,3-6H2,1-2H3,(H,15,16)/t9-/m0/s1. The van der Waals surface area contributed by atoms with Crippen LogP contribution in [0.2, 0.25) is 0 Å². The van der Waals surface area contributed by atoms with Gasteiger partial charge in [0.1, 0.15) is 11.3 Å². The number of morpholine rings is 1. The molecule has 1 atom stereocenters. The Morgan fingerprint density at radius 3 is 2.79 bits per heavy atom. The van der Waals surface area contributed by atoms with Gasteiger partial charge in [0.25, 0.3) is 5.91 Å². The zero-order chi connectivity index (χ0) is 14.0. The maximum atomic E-state index is 12.5. The van der Waals surface area contributed by atoms with Gasteiger partial charge in [0, 0.05) is 6.54 Å². The molecule has 0 radical (unpaired) electrons. The number of aromatic nitrogens is 1. The maximum Gasteiger partial charge on any atom is 0.305 e. The molecule has 1 saturated heterocycles. The fraction of sp³-hybridized carbons (Fsp3) is 0.583. The number of aliphatic carboxylic acids is 1. The van der Waals surface area contributed by atoms with Crippen LogP contribution in [0.1, 0.15) is 28.2 Å². The third-order valence-electron chi connectivity index (χ3n) is 3.15. The molecule has 0 spiro atoms. The fourth-order valence-electron chi connectivity index (χ4n) is 2.22. The summed E-state index contributed by atoms with van der Waals surface area (Å²) in [5.74, 6) is -0.749. The molecule has 0 aliphatic carbocycles. The van der Waals surface area contributed by atoms with Crippen molar-refractivity contribution in [3.05, 3.63) is 17.0 Å². The highest BCUT2D eigenvalue weighted by atomic mass is 16.5. The van der Waals surface area contributed by atoms with Gasteiger partial charge in [-0.15, -0.1) is 0 Å². The molecule has 7 heteroatoms. The number of nitrogens with zero attached hydrogens (tertiary/aromatic N) is 2. The predicted octanol–water partition coefficient (Wildman–Crippen LogP) is 0.607. The van der Waals surface area contributed by atoms with Gasteiger partial charge in [-0.3, -0.25) is 9.59 Å². The number of amides is 1. The van der Waals surface area contributed by atoms with Gasteiger partial charge in [0.15, 0.2) is 0 Å². The molecule has 7 nitrogen and oxygen atoms in total. The molecule has 0 aromatic carbocycles. The van der Waals surface area contributed by atoms with E-state index in [1.54, 1.807) is 13.8 Å². The first kappa shape index (κ1) is 13.5. The smallest absolute Gasteiger partial charge is 0.305 e. The van der Waals surface area contributed by atoms with E-state index >= 15 is 0 Å². The van der Waals surface area contributed by atoms with E-state index in [4.69, 9.17) is 14.4 Å². The summed E-state index contributed by atoms with van der Waals surface area (Å²) in [5.41, 5.74) is 0.931. The predicted molar refractivity (Wildman–Crippen MR) is 63.9 cm³/mol. The zero-order valence-corrected chi connectivity index (χ0v) is 10.9. The first-order valence-corrected chi connectivity index (χ1v) is 6.04. The zero-order valence-electron chi connectivity index (χ0n) is 10.9. The van der Waals surface area contributed by atoms with E-state index < -0.39 is 12.0 Å².